The molecule has 3 rings (SSSR count). The molecule has 2 aliphatic rings. The molecule has 0 aliphatic carbocycles. The van der Waals surface area contributed by atoms with E-state index >= 15 is 0 Å². The predicted octanol–water partition coefficient (Wildman–Crippen LogP) is 3.52. The summed E-state index contributed by atoms with van der Waals surface area (Å²) in [6.45, 7) is 11.3. The number of nitrogens with one attached hydrogen (secondary N) is 2. The maximum absolute atomic E-state index is 13.0. The van der Waals surface area contributed by atoms with E-state index in [0.717, 1.165) is 37.4 Å². The second-order valence-electron chi connectivity index (χ2n) is 9.76. The lowest BCUT2D eigenvalue weighted by molar-refractivity contribution is -0.123. The van der Waals surface area contributed by atoms with E-state index in [1.165, 1.54) is 25.7 Å². The Morgan fingerprint density at radius 1 is 0.871 bits per heavy atom. The number of anilines is 2. The molecule has 2 N–H and O–H groups in total. The number of benzene rings is 1. The van der Waals surface area contributed by atoms with E-state index in [2.05, 4.69) is 26.5 Å². The fourth-order valence-electron chi connectivity index (χ4n) is 4.35. The van der Waals surface area contributed by atoms with E-state index in [1.54, 1.807) is 0 Å². The summed E-state index contributed by atoms with van der Waals surface area (Å²) in [5.41, 5.74) is 1.78. The molecule has 3 amide bonds. The number of nitrogens with zero attached hydrogens (tertiary/aromatic N) is 3. The van der Waals surface area contributed by atoms with Gasteiger partial charge in [0.05, 0.1) is 17.9 Å². The average Bonchev–Trinajstić information content (AvgIpc) is 3.10. The van der Waals surface area contributed by atoms with Gasteiger partial charge in [-0.3, -0.25) is 9.69 Å². The van der Waals surface area contributed by atoms with Crippen molar-refractivity contribution in [3.8, 4) is 0 Å². The minimum absolute atomic E-state index is 0.0387. The monoisotopic (exact) mass is 429 g/mol. The maximum Gasteiger partial charge on any atom is 0.321 e. The second-order valence-corrected chi connectivity index (χ2v) is 9.76. The van der Waals surface area contributed by atoms with Crippen LogP contribution >= 0.6 is 0 Å². The van der Waals surface area contributed by atoms with Crippen LogP contribution in [0.15, 0.2) is 24.3 Å². The molecule has 172 valence electrons. The smallest absolute Gasteiger partial charge is 0.321 e. The summed E-state index contributed by atoms with van der Waals surface area (Å²) in [4.78, 5) is 31.7. The zero-order valence-corrected chi connectivity index (χ0v) is 19.5. The van der Waals surface area contributed by atoms with Crippen LogP contribution in [0.1, 0.15) is 52.9 Å². The standard InChI is InChI=1S/C24H39N5O2/c1-24(2,3)26-22(30)19-27-13-10-16-29(18-17-27)23(31)25-20-11-6-7-12-21(20)28-14-8-4-5-9-15-28/h6-7,11-12H,4-5,8-10,13-19H2,1-3H3,(H,25,31)(H,26,30). The number of amides is 3. The molecule has 2 heterocycles. The first kappa shape index (κ1) is 23.4. The van der Waals surface area contributed by atoms with Crippen molar-refractivity contribution >= 4 is 23.3 Å². The van der Waals surface area contributed by atoms with Crippen molar-refractivity contribution in [3.63, 3.8) is 0 Å². The van der Waals surface area contributed by atoms with Gasteiger partial charge in [-0.15, -0.1) is 0 Å². The van der Waals surface area contributed by atoms with Gasteiger partial charge in [0.25, 0.3) is 0 Å². The Balaban J connectivity index is 1.56. The Morgan fingerprint density at radius 3 is 2.29 bits per heavy atom. The third-order valence-electron chi connectivity index (χ3n) is 5.85. The summed E-state index contributed by atoms with van der Waals surface area (Å²) in [7, 11) is 0. The van der Waals surface area contributed by atoms with E-state index in [-0.39, 0.29) is 17.5 Å². The Labute approximate surface area is 187 Å². The molecule has 2 aliphatic heterocycles. The van der Waals surface area contributed by atoms with Crippen molar-refractivity contribution < 1.29 is 9.59 Å². The molecule has 1 aromatic carbocycles. The molecule has 0 atom stereocenters. The van der Waals surface area contributed by atoms with Crippen molar-refractivity contribution in [1.29, 1.82) is 0 Å². The van der Waals surface area contributed by atoms with Crippen LogP contribution in [-0.2, 0) is 4.79 Å². The van der Waals surface area contributed by atoms with Gasteiger partial charge >= 0.3 is 6.03 Å². The molecule has 31 heavy (non-hydrogen) atoms. The Hall–Kier alpha value is -2.28. The SMILES string of the molecule is CC(C)(C)NC(=O)CN1CCCN(C(=O)Nc2ccccc2N2CCCCCC2)CC1. The number of hydrogen-bond donors (Lipinski definition) is 2. The normalized spacial score (nSPS) is 18.8. The van der Waals surface area contributed by atoms with E-state index in [1.807, 2.05) is 43.9 Å². The van der Waals surface area contributed by atoms with Gasteiger partial charge in [0.1, 0.15) is 0 Å². The highest BCUT2D eigenvalue weighted by atomic mass is 16.2. The maximum atomic E-state index is 13.0. The minimum Gasteiger partial charge on any atom is -0.370 e. The summed E-state index contributed by atoms with van der Waals surface area (Å²) in [5, 5.41) is 6.18. The van der Waals surface area contributed by atoms with Crippen molar-refractivity contribution in [2.75, 3.05) is 56.0 Å². The van der Waals surface area contributed by atoms with Gasteiger partial charge < -0.3 is 20.4 Å². The Kier molecular flexibility index (Phi) is 8.18. The van der Waals surface area contributed by atoms with Crippen LogP contribution in [0.25, 0.3) is 0 Å². The largest absolute Gasteiger partial charge is 0.370 e. The first-order chi connectivity index (χ1) is 14.8. The molecule has 7 heteroatoms. The molecule has 0 unspecified atom stereocenters. The summed E-state index contributed by atoms with van der Waals surface area (Å²) in [5.74, 6) is 0.0387. The van der Waals surface area contributed by atoms with Crippen LogP contribution < -0.4 is 15.5 Å². The molecular formula is C24H39N5O2. The quantitative estimate of drug-likeness (QED) is 0.768. The molecule has 0 spiro atoms. The molecule has 0 bridgehead atoms. The Morgan fingerprint density at radius 2 is 1.58 bits per heavy atom. The molecule has 1 aromatic rings. The van der Waals surface area contributed by atoms with E-state index in [0.29, 0.717) is 26.2 Å². The molecular weight excluding hydrogens is 390 g/mol. The third-order valence-corrected chi connectivity index (χ3v) is 5.85. The lowest BCUT2D eigenvalue weighted by Gasteiger charge is -2.27. The van der Waals surface area contributed by atoms with Gasteiger partial charge in [-0.1, -0.05) is 25.0 Å². The number of para-hydroxylation sites is 2. The fraction of sp³-hybridized carbons (Fsp3) is 0.667. The van der Waals surface area contributed by atoms with Crippen LogP contribution in [-0.4, -0.2) is 73.1 Å². The van der Waals surface area contributed by atoms with Crippen molar-refractivity contribution in [2.24, 2.45) is 0 Å². The number of carbonyl (C=O) groups is 2. The van der Waals surface area contributed by atoms with Gasteiger partial charge in [0, 0.05) is 44.8 Å². The summed E-state index contributed by atoms with van der Waals surface area (Å²) < 4.78 is 0. The van der Waals surface area contributed by atoms with Gasteiger partial charge in [0.15, 0.2) is 0 Å². The highest BCUT2D eigenvalue weighted by Gasteiger charge is 2.23. The first-order valence-electron chi connectivity index (χ1n) is 11.7. The van der Waals surface area contributed by atoms with Gasteiger partial charge in [-0.25, -0.2) is 4.79 Å². The zero-order valence-electron chi connectivity index (χ0n) is 19.5. The van der Waals surface area contributed by atoms with Crippen molar-refractivity contribution in [3.05, 3.63) is 24.3 Å². The molecule has 0 radical (unpaired) electrons. The second kappa shape index (κ2) is 10.8. The van der Waals surface area contributed by atoms with E-state index in [4.69, 9.17) is 0 Å². The molecule has 2 fully saturated rings. The summed E-state index contributed by atoms with van der Waals surface area (Å²) in [6, 6.07) is 8.08. The van der Waals surface area contributed by atoms with Gasteiger partial charge in [-0.05, 0) is 52.2 Å². The van der Waals surface area contributed by atoms with Crippen LogP contribution in [0.5, 0.6) is 0 Å². The molecule has 0 aromatic heterocycles. The first-order valence-corrected chi connectivity index (χ1v) is 11.7. The topological polar surface area (TPSA) is 67.9 Å². The summed E-state index contributed by atoms with van der Waals surface area (Å²) >= 11 is 0. The van der Waals surface area contributed by atoms with Crippen molar-refractivity contribution in [1.82, 2.24) is 15.1 Å². The molecule has 7 nitrogen and oxygen atoms in total. The number of urea groups is 1. The highest BCUT2D eigenvalue weighted by Crippen LogP contribution is 2.28. The summed E-state index contributed by atoms with van der Waals surface area (Å²) in [6.07, 6.45) is 5.83. The van der Waals surface area contributed by atoms with E-state index < -0.39 is 0 Å². The van der Waals surface area contributed by atoms with Crippen molar-refractivity contribution in [2.45, 2.75) is 58.4 Å². The molecule has 0 saturated carbocycles. The predicted molar refractivity (Wildman–Crippen MR) is 127 cm³/mol. The van der Waals surface area contributed by atoms with E-state index in [9.17, 15) is 9.59 Å². The average molecular weight is 430 g/mol. The number of rotatable bonds is 4. The van der Waals surface area contributed by atoms with Crippen LogP contribution in [0.2, 0.25) is 0 Å². The zero-order chi connectivity index (χ0) is 22.3. The molecule has 2 saturated heterocycles. The number of carbonyl (C=O) groups excluding carboxylic acids is 2. The minimum atomic E-state index is -0.227. The van der Waals surface area contributed by atoms with Gasteiger partial charge in [0.2, 0.25) is 5.91 Å². The Bertz CT molecular complexity index is 738. The lowest BCUT2D eigenvalue weighted by Crippen LogP contribution is -2.46. The van der Waals surface area contributed by atoms with Gasteiger partial charge in [-0.2, -0.15) is 0 Å². The fourth-order valence-corrected chi connectivity index (χ4v) is 4.35. The third kappa shape index (κ3) is 7.42. The van der Waals surface area contributed by atoms with Crippen LogP contribution in [0.3, 0.4) is 0 Å². The highest BCUT2D eigenvalue weighted by molar-refractivity contribution is 5.93. The van der Waals surface area contributed by atoms with Crippen LogP contribution in [0, 0.1) is 0 Å². The number of hydrogen-bond acceptors (Lipinski definition) is 4. The lowest BCUT2D eigenvalue weighted by atomic mass is 10.1. The van der Waals surface area contributed by atoms with Crippen LogP contribution in [0.4, 0.5) is 16.2 Å².